The van der Waals surface area contributed by atoms with E-state index in [1.807, 2.05) is 0 Å². The summed E-state index contributed by atoms with van der Waals surface area (Å²) in [5.41, 5.74) is 5.43. The van der Waals surface area contributed by atoms with Crippen molar-refractivity contribution in [2.45, 2.75) is 38.4 Å². The first-order valence-corrected chi connectivity index (χ1v) is 7.17. The van der Waals surface area contributed by atoms with Gasteiger partial charge in [-0.25, -0.2) is 12.7 Å². The molecule has 0 radical (unpaired) electrons. The normalized spacial score (nSPS) is 27.3. The standard InChI is InChI=1S/C10H22N2O2S/c1-9-4-3-6-12(7-5-9)15(13,14)10(2)8-11/h9-10H,3-8,11H2,1-2H3. The lowest BCUT2D eigenvalue weighted by Gasteiger charge is -2.23. The molecule has 0 amide bonds. The van der Waals surface area contributed by atoms with E-state index in [0.717, 1.165) is 19.3 Å². The minimum atomic E-state index is -3.15. The van der Waals surface area contributed by atoms with Crippen LogP contribution in [0.3, 0.4) is 0 Å². The number of rotatable bonds is 3. The van der Waals surface area contributed by atoms with E-state index in [2.05, 4.69) is 6.92 Å². The molecule has 0 saturated carbocycles. The van der Waals surface area contributed by atoms with Crippen LogP contribution >= 0.6 is 0 Å². The maximum absolute atomic E-state index is 12.0. The van der Waals surface area contributed by atoms with Crippen molar-refractivity contribution >= 4 is 10.0 Å². The van der Waals surface area contributed by atoms with E-state index in [0.29, 0.717) is 19.0 Å². The third kappa shape index (κ3) is 3.16. The zero-order valence-corrected chi connectivity index (χ0v) is 10.5. The van der Waals surface area contributed by atoms with Crippen molar-refractivity contribution in [3.05, 3.63) is 0 Å². The van der Waals surface area contributed by atoms with Crippen LogP contribution < -0.4 is 5.73 Å². The Morgan fingerprint density at radius 1 is 1.40 bits per heavy atom. The van der Waals surface area contributed by atoms with Crippen LogP contribution in [0.1, 0.15) is 33.1 Å². The Kier molecular flexibility index (Phi) is 4.55. The molecule has 1 aliphatic heterocycles. The average molecular weight is 234 g/mol. The fourth-order valence-corrected chi connectivity index (χ4v) is 3.36. The predicted octanol–water partition coefficient (Wildman–Crippen LogP) is 0.785. The van der Waals surface area contributed by atoms with E-state index in [4.69, 9.17) is 5.73 Å². The molecule has 2 atom stereocenters. The molecule has 0 aromatic heterocycles. The van der Waals surface area contributed by atoms with Gasteiger partial charge in [-0.2, -0.15) is 0 Å². The zero-order valence-electron chi connectivity index (χ0n) is 9.65. The van der Waals surface area contributed by atoms with E-state index in [9.17, 15) is 8.42 Å². The molecule has 1 saturated heterocycles. The fourth-order valence-electron chi connectivity index (χ4n) is 1.87. The monoisotopic (exact) mass is 234 g/mol. The first kappa shape index (κ1) is 12.9. The van der Waals surface area contributed by atoms with E-state index in [1.54, 1.807) is 11.2 Å². The fraction of sp³-hybridized carbons (Fsp3) is 1.00. The Morgan fingerprint density at radius 3 is 2.67 bits per heavy atom. The van der Waals surface area contributed by atoms with Gasteiger partial charge in [0.15, 0.2) is 0 Å². The molecule has 0 aliphatic carbocycles. The van der Waals surface area contributed by atoms with Crippen molar-refractivity contribution < 1.29 is 8.42 Å². The first-order chi connectivity index (χ1) is 6.98. The molecule has 15 heavy (non-hydrogen) atoms. The smallest absolute Gasteiger partial charge is 0.217 e. The van der Waals surface area contributed by atoms with Gasteiger partial charge in [0, 0.05) is 19.6 Å². The highest BCUT2D eigenvalue weighted by Gasteiger charge is 2.28. The predicted molar refractivity (Wildman–Crippen MR) is 62.0 cm³/mol. The summed E-state index contributed by atoms with van der Waals surface area (Å²) in [6.07, 6.45) is 3.07. The van der Waals surface area contributed by atoms with E-state index < -0.39 is 15.3 Å². The molecule has 2 N–H and O–H groups in total. The molecule has 0 bridgehead atoms. The second kappa shape index (κ2) is 5.27. The molecular weight excluding hydrogens is 212 g/mol. The highest BCUT2D eigenvalue weighted by atomic mass is 32.2. The summed E-state index contributed by atoms with van der Waals surface area (Å²) < 4.78 is 25.7. The third-order valence-electron chi connectivity index (χ3n) is 3.18. The quantitative estimate of drug-likeness (QED) is 0.785. The van der Waals surface area contributed by atoms with Crippen molar-refractivity contribution in [3.63, 3.8) is 0 Å². The number of sulfonamides is 1. The van der Waals surface area contributed by atoms with Crippen molar-refractivity contribution in [2.75, 3.05) is 19.6 Å². The number of hydrogen-bond acceptors (Lipinski definition) is 3. The summed E-state index contributed by atoms with van der Waals surface area (Å²) in [4.78, 5) is 0. The van der Waals surface area contributed by atoms with Gasteiger partial charge in [-0.15, -0.1) is 0 Å². The summed E-state index contributed by atoms with van der Waals surface area (Å²) in [6.45, 7) is 5.39. The summed E-state index contributed by atoms with van der Waals surface area (Å²) in [5, 5.41) is -0.453. The second-order valence-corrected chi connectivity index (χ2v) is 6.88. The zero-order chi connectivity index (χ0) is 11.5. The maximum atomic E-state index is 12.0. The summed E-state index contributed by atoms with van der Waals surface area (Å²) in [5.74, 6) is 0.637. The minimum Gasteiger partial charge on any atom is -0.329 e. The number of hydrogen-bond donors (Lipinski definition) is 1. The van der Waals surface area contributed by atoms with Gasteiger partial charge in [0.05, 0.1) is 5.25 Å². The summed E-state index contributed by atoms with van der Waals surface area (Å²) in [6, 6.07) is 0. The molecule has 1 heterocycles. The van der Waals surface area contributed by atoms with Crippen LogP contribution in [-0.2, 0) is 10.0 Å². The molecule has 5 heteroatoms. The van der Waals surface area contributed by atoms with Crippen molar-refractivity contribution in [1.82, 2.24) is 4.31 Å². The highest BCUT2D eigenvalue weighted by Crippen LogP contribution is 2.20. The van der Waals surface area contributed by atoms with Crippen LogP contribution in [-0.4, -0.2) is 37.6 Å². The molecule has 1 fully saturated rings. The van der Waals surface area contributed by atoms with Crippen molar-refractivity contribution in [2.24, 2.45) is 11.7 Å². The van der Waals surface area contributed by atoms with E-state index in [-0.39, 0.29) is 6.54 Å². The molecule has 0 aromatic carbocycles. The summed E-state index contributed by atoms with van der Waals surface area (Å²) >= 11 is 0. The molecule has 0 aromatic rings. The van der Waals surface area contributed by atoms with Gasteiger partial charge in [0.25, 0.3) is 0 Å². The number of nitrogens with zero attached hydrogens (tertiary/aromatic N) is 1. The third-order valence-corrected chi connectivity index (χ3v) is 5.47. The highest BCUT2D eigenvalue weighted by molar-refractivity contribution is 7.89. The molecule has 1 aliphatic rings. The van der Waals surface area contributed by atoms with Gasteiger partial charge in [-0.1, -0.05) is 6.92 Å². The number of nitrogens with two attached hydrogens (primary N) is 1. The van der Waals surface area contributed by atoms with E-state index >= 15 is 0 Å². The average Bonchev–Trinajstić information content (AvgIpc) is 2.41. The SMILES string of the molecule is CC1CCCN(S(=O)(=O)C(C)CN)CC1. The van der Waals surface area contributed by atoms with Crippen LogP contribution in [0, 0.1) is 5.92 Å². The first-order valence-electron chi connectivity index (χ1n) is 5.67. The van der Waals surface area contributed by atoms with E-state index in [1.165, 1.54) is 0 Å². The molecule has 4 nitrogen and oxygen atoms in total. The van der Waals surface area contributed by atoms with Gasteiger partial charge >= 0.3 is 0 Å². The van der Waals surface area contributed by atoms with Gasteiger partial charge in [0.1, 0.15) is 0 Å². The van der Waals surface area contributed by atoms with Crippen LogP contribution in [0.5, 0.6) is 0 Å². The largest absolute Gasteiger partial charge is 0.329 e. The Bertz CT molecular complexity index is 290. The van der Waals surface area contributed by atoms with Gasteiger partial charge in [-0.3, -0.25) is 0 Å². The van der Waals surface area contributed by atoms with Crippen LogP contribution in [0.2, 0.25) is 0 Å². The Morgan fingerprint density at radius 2 is 2.07 bits per heavy atom. The molecule has 90 valence electrons. The van der Waals surface area contributed by atoms with Gasteiger partial charge in [-0.05, 0) is 32.1 Å². The maximum Gasteiger partial charge on any atom is 0.217 e. The molecule has 0 spiro atoms. The minimum absolute atomic E-state index is 0.203. The lowest BCUT2D eigenvalue weighted by Crippen LogP contribution is -2.41. The van der Waals surface area contributed by atoms with Crippen molar-refractivity contribution in [3.8, 4) is 0 Å². The van der Waals surface area contributed by atoms with Crippen molar-refractivity contribution in [1.29, 1.82) is 0 Å². The molecular formula is C10H22N2O2S. The lowest BCUT2D eigenvalue weighted by atomic mass is 10.0. The topological polar surface area (TPSA) is 63.4 Å². The van der Waals surface area contributed by atoms with Crippen LogP contribution in [0.25, 0.3) is 0 Å². The van der Waals surface area contributed by atoms with Crippen LogP contribution in [0.15, 0.2) is 0 Å². The lowest BCUT2D eigenvalue weighted by molar-refractivity contribution is 0.410. The summed E-state index contributed by atoms with van der Waals surface area (Å²) in [7, 11) is -3.15. The Balaban J connectivity index is 2.70. The molecule has 2 unspecified atom stereocenters. The van der Waals surface area contributed by atoms with Gasteiger partial charge in [0.2, 0.25) is 10.0 Å². The van der Waals surface area contributed by atoms with Gasteiger partial charge < -0.3 is 5.73 Å². The Hall–Kier alpha value is -0.130. The van der Waals surface area contributed by atoms with Crippen LogP contribution in [0.4, 0.5) is 0 Å². The Labute approximate surface area is 92.9 Å². The second-order valence-electron chi connectivity index (χ2n) is 4.53. The molecule has 1 rings (SSSR count).